The van der Waals surface area contributed by atoms with E-state index in [2.05, 4.69) is 72.9 Å². The minimum atomic E-state index is 0.227. The van der Waals surface area contributed by atoms with Gasteiger partial charge in [0.05, 0.1) is 6.10 Å². The largest absolute Gasteiger partial charge is 0.491 e. The molecule has 1 fully saturated rings. The zero-order valence-electron chi connectivity index (χ0n) is 15.9. The number of ether oxygens (including phenoxy) is 2. The molecule has 3 aromatic rings. The fourth-order valence-electron chi connectivity index (χ4n) is 3.63. The van der Waals surface area contributed by atoms with Crippen LogP contribution in [0.5, 0.6) is 5.75 Å². The number of nitrogens with one attached hydrogen (secondary N) is 1. The molecule has 0 radical (unpaired) electrons. The smallest absolute Gasteiger partial charge is 0.124 e. The van der Waals surface area contributed by atoms with Crippen LogP contribution < -0.4 is 10.1 Å². The topological polar surface area (TPSA) is 30.5 Å². The van der Waals surface area contributed by atoms with E-state index in [1.54, 1.807) is 0 Å². The summed E-state index contributed by atoms with van der Waals surface area (Å²) in [6.07, 6.45) is 2.45. The molecule has 1 heterocycles. The predicted octanol–water partition coefficient (Wildman–Crippen LogP) is 5.00. The highest BCUT2D eigenvalue weighted by Crippen LogP contribution is 2.29. The summed E-state index contributed by atoms with van der Waals surface area (Å²) in [7, 11) is 0. The Kier molecular flexibility index (Phi) is 5.71. The van der Waals surface area contributed by atoms with Crippen LogP contribution >= 0.6 is 0 Å². The molecule has 1 aliphatic heterocycles. The van der Waals surface area contributed by atoms with Crippen LogP contribution in [0.2, 0.25) is 0 Å². The van der Waals surface area contributed by atoms with Crippen LogP contribution in [0.4, 0.5) is 0 Å². The Morgan fingerprint density at radius 2 is 1.85 bits per heavy atom. The highest BCUT2D eigenvalue weighted by Gasteiger charge is 2.17. The minimum absolute atomic E-state index is 0.227. The maximum Gasteiger partial charge on any atom is 0.124 e. The minimum Gasteiger partial charge on any atom is -0.491 e. The summed E-state index contributed by atoms with van der Waals surface area (Å²) in [5, 5.41) is 6.08. The van der Waals surface area contributed by atoms with E-state index in [-0.39, 0.29) is 6.10 Å². The van der Waals surface area contributed by atoms with Gasteiger partial charge in [0.1, 0.15) is 12.4 Å². The Bertz CT molecular complexity index is 883. The molecule has 1 aliphatic rings. The molecule has 0 saturated carbocycles. The first-order valence-corrected chi connectivity index (χ1v) is 9.81. The van der Waals surface area contributed by atoms with Gasteiger partial charge in [0.15, 0.2) is 0 Å². The number of hydrogen-bond acceptors (Lipinski definition) is 3. The zero-order chi connectivity index (χ0) is 18.5. The van der Waals surface area contributed by atoms with Crippen molar-refractivity contribution < 1.29 is 9.47 Å². The monoisotopic (exact) mass is 361 g/mol. The van der Waals surface area contributed by atoms with Crippen molar-refractivity contribution in [2.45, 2.75) is 39.0 Å². The van der Waals surface area contributed by atoms with Crippen molar-refractivity contribution in [3.8, 4) is 5.75 Å². The third-order valence-electron chi connectivity index (χ3n) is 5.20. The Morgan fingerprint density at radius 3 is 2.67 bits per heavy atom. The van der Waals surface area contributed by atoms with Crippen molar-refractivity contribution >= 4 is 10.8 Å². The van der Waals surface area contributed by atoms with Crippen molar-refractivity contribution in [3.05, 3.63) is 77.4 Å². The first-order chi connectivity index (χ1) is 13.3. The molecule has 0 amide bonds. The van der Waals surface area contributed by atoms with Crippen LogP contribution in [0, 0.1) is 6.92 Å². The summed E-state index contributed by atoms with van der Waals surface area (Å²) < 4.78 is 11.9. The Hall–Kier alpha value is -2.36. The van der Waals surface area contributed by atoms with Gasteiger partial charge in [-0.25, -0.2) is 0 Å². The van der Waals surface area contributed by atoms with Gasteiger partial charge in [-0.3, -0.25) is 0 Å². The molecule has 0 bridgehead atoms. The fourth-order valence-corrected chi connectivity index (χ4v) is 3.63. The van der Waals surface area contributed by atoms with Crippen LogP contribution in [0.25, 0.3) is 10.8 Å². The van der Waals surface area contributed by atoms with E-state index in [4.69, 9.17) is 9.47 Å². The first kappa shape index (κ1) is 18.0. The van der Waals surface area contributed by atoms with Crippen molar-refractivity contribution in [3.63, 3.8) is 0 Å². The standard InChI is InChI=1S/C24H27NO2/c1-18-8-10-19(11-9-18)15-25-16-23-22-7-3-2-5-20(22)12-13-24(23)27-17-21-6-4-14-26-21/h2-3,5,7-13,21,25H,4,6,14-17H2,1H3. The van der Waals surface area contributed by atoms with E-state index in [9.17, 15) is 0 Å². The summed E-state index contributed by atoms with van der Waals surface area (Å²) in [5.74, 6) is 0.959. The van der Waals surface area contributed by atoms with Gasteiger partial charge in [-0.05, 0) is 42.2 Å². The first-order valence-electron chi connectivity index (χ1n) is 9.81. The number of rotatable bonds is 7. The van der Waals surface area contributed by atoms with Crippen LogP contribution in [0.3, 0.4) is 0 Å². The average Bonchev–Trinajstić information content (AvgIpc) is 3.22. The molecule has 140 valence electrons. The van der Waals surface area contributed by atoms with Crippen LogP contribution in [0.1, 0.15) is 29.5 Å². The molecule has 0 spiro atoms. The second-order valence-corrected chi connectivity index (χ2v) is 7.30. The lowest BCUT2D eigenvalue weighted by Crippen LogP contribution is -2.18. The predicted molar refractivity (Wildman–Crippen MR) is 110 cm³/mol. The molecule has 1 saturated heterocycles. The van der Waals surface area contributed by atoms with Gasteiger partial charge in [0.25, 0.3) is 0 Å². The lowest BCUT2D eigenvalue weighted by Gasteiger charge is -2.17. The molecule has 3 aromatic carbocycles. The van der Waals surface area contributed by atoms with Crippen LogP contribution in [0.15, 0.2) is 60.7 Å². The van der Waals surface area contributed by atoms with Gasteiger partial charge in [-0.15, -0.1) is 0 Å². The Morgan fingerprint density at radius 1 is 1.00 bits per heavy atom. The molecule has 4 rings (SSSR count). The fraction of sp³-hybridized carbons (Fsp3) is 0.333. The molecule has 1 atom stereocenters. The zero-order valence-corrected chi connectivity index (χ0v) is 15.9. The Balaban J connectivity index is 1.50. The van der Waals surface area contributed by atoms with Crippen molar-refractivity contribution in [2.75, 3.05) is 13.2 Å². The maximum atomic E-state index is 6.18. The molecule has 0 aliphatic carbocycles. The van der Waals surface area contributed by atoms with E-state index < -0.39 is 0 Å². The highest BCUT2D eigenvalue weighted by atomic mass is 16.5. The normalized spacial score (nSPS) is 16.7. The van der Waals surface area contributed by atoms with Gasteiger partial charge < -0.3 is 14.8 Å². The van der Waals surface area contributed by atoms with E-state index in [0.29, 0.717) is 6.61 Å². The van der Waals surface area contributed by atoms with Crippen molar-refractivity contribution in [2.24, 2.45) is 0 Å². The van der Waals surface area contributed by atoms with E-state index in [1.807, 2.05) is 0 Å². The van der Waals surface area contributed by atoms with Crippen molar-refractivity contribution in [1.82, 2.24) is 5.32 Å². The average molecular weight is 361 g/mol. The summed E-state index contributed by atoms with van der Waals surface area (Å²) in [5.41, 5.74) is 3.80. The van der Waals surface area contributed by atoms with Crippen molar-refractivity contribution in [1.29, 1.82) is 0 Å². The van der Waals surface area contributed by atoms with Crippen LogP contribution in [-0.2, 0) is 17.8 Å². The van der Waals surface area contributed by atoms with Gasteiger partial charge >= 0.3 is 0 Å². The number of benzene rings is 3. The molecular formula is C24H27NO2. The molecular weight excluding hydrogens is 334 g/mol. The number of aryl methyl sites for hydroxylation is 1. The maximum absolute atomic E-state index is 6.18. The van der Waals surface area contributed by atoms with Gasteiger partial charge in [0.2, 0.25) is 0 Å². The molecule has 1 N–H and O–H groups in total. The molecule has 0 aromatic heterocycles. The van der Waals surface area contributed by atoms with Gasteiger partial charge in [-0.1, -0.05) is 60.2 Å². The molecule has 1 unspecified atom stereocenters. The number of hydrogen-bond donors (Lipinski definition) is 1. The quantitative estimate of drug-likeness (QED) is 0.643. The molecule has 27 heavy (non-hydrogen) atoms. The summed E-state index contributed by atoms with van der Waals surface area (Å²) >= 11 is 0. The summed E-state index contributed by atoms with van der Waals surface area (Å²) in [4.78, 5) is 0. The van der Waals surface area contributed by atoms with E-state index in [0.717, 1.165) is 38.3 Å². The lowest BCUT2D eigenvalue weighted by atomic mass is 10.0. The van der Waals surface area contributed by atoms with Gasteiger partial charge in [0, 0.05) is 25.3 Å². The summed E-state index contributed by atoms with van der Waals surface area (Å²) in [6.45, 7) is 5.22. The van der Waals surface area contributed by atoms with Gasteiger partial charge in [-0.2, -0.15) is 0 Å². The third-order valence-corrected chi connectivity index (χ3v) is 5.20. The SMILES string of the molecule is Cc1ccc(CNCc2c(OCC3CCCO3)ccc3ccccc23)cc1. The Labute approximate surface area is 161 Å². The second kappa shape index (κ2) is 8.55. The number of fused-ring (bicyclic) bond motifs is 1. The molecule has 3 nitrogen and oxygen atoms in total. The second-order valence-electron chi connectivity index (χ2n) is 7.30. The lowest BCUT2D eigenvalue weighted by molar-refractivity contribution is 0.0676. The highest BCUT2D eigenvalue weighted by molar-refractivity contribution is 5.87. The third kappa shape index (κ3) is 4.49. The molecule has 3 heteroatoms. The van der Waals surface area contributed by atoms with Crippen LogP contribution in [-0.4, -0.2) is 19.3 Å². The van der Waals surface area contributed by atoms with E-state index in [1.165, 1.54) is 27.5 Å². The summed E-state index contributed by atoms with van der Waals surface area (Å²) in [6, 6.07) is 21.4. The van der Waals surface area contributed by atoms with E-state index >= 15 is 0 Å².